The summed E-state index contributed by atoms with van der Waals surface area (Å²) in [6.07, 6.45) is 4.25. The number of nitrogens with two attached hydrogens (primary N) is 1. The van der Waals surface area contributed by atoms with Crippen molar-refractivity contribution in [3.8, 4) is 0 Å². The van der Waals surface area contributed by atoms with Gasteiger partial charge in [-0.25, -0.2) is 8.42 Å². The average Bonchev–Trinajstić information content (AvgIpc) is 2.46. The van der Waals surface area contributed by atoms with E-state index < -0.39 is 10.0 Å². The van der Waals surface area contributed by atoms with Crippen molar-refractivity contribution in [1.29, 1.82) is 0 Å². The summed E-state index contributed by atoms with van der Waals surface area (Å²) in [5, 5.41) is 0.602. The van der Waals surface area contributed by atoms with E-state index in [1.165, 1.54) is 4.31 Å². The minimum Gasteiger partial charge on any atom is -0.397 e. The predicted octanol–water partition coefficient (Wildman–Crippen LogP) is 3.19. The van der Waals surface area contributed by atoms with E-state index in [9.17, 15) is 8.42 Å². The normalized spacial score (nSPS) is 20.1. The fraction of sp³-hybridized carbons (Fsp3) is 0.467. The summed E-state index contributed by atoms with van der Waals surface area (Å²) in [6.45, 7) is 3.12. The summed E-state index contributed by atoms with van der Waals surface area (Å²) in [5.41, 5.74) is 7.02. The number of sulfonamides is 1. The Kier molecular flexibility index (Phi) is 5.30. The molecule has 1 aliphatic heterocycles. The molecular weight excluding hydrogens is 308 g/mol. The second-order valence-electron chi connectivity index (χ2n) is 5.24. The van der Waals surface area contributed by atoms with E-state index in [4.69, 9.17) is 17.3 Å². The van der Waals surface area contributed by atoms with Gasteiger partial charge in [0.2, 0.25) is 10.0 Å². The molecule has 0 atom stereocenters. The number of nitrogens with zero attached hydrogens (tertiary/aromatic N) is 1. The molecule has 0 saturated carbocycles. The SMILES string of the molecule is CCCCCCN1C/C(=C(\N)c2ccc(Cl)cc2)S1(=O)=O. The van der Waals surface area contributed by atoms with Crippen LogP contribution in [0.4, 0.5) is 0 Å². The van der Waals surface area contributed by atoms with Crippen LogP contribution >= 0.6 is 11.6 Å². The number of rotatable bonds is 6. The number of hydrogen-bond acceptors (Lipinski definition) is 3. The Morgan fingerprint density at radius 1 is 1.24 bits per heavy atom. The van der Waals surface area contributed by atoms with Crippen LogP contribution in [0.25, 0.3) is 5.70 Å². The zero-order valence-corrected chi connectivity index (χ0v) is 13.8. The van der Waals surface area contributed by atoms with Crippen molar-refractivity contribution in [3.63, 3.8) is 0 Å². The van der Waals surface area contributed by atoms with Crippen LogP contribution in [0.2, 0.25) is 5.02 Å². The molecule has 0 bridgehead atoms. The van der Waals surface area contributed by atoms with Gasteiger partial charge in [-0.1, -0.05) is 49.9 Å². The zero-order chi connectivity index (χ0) is 15.5. The smallest absolute Gasteiger partial charge is 0.242 e. The van der Waals surface area contributed by atoms with Crippen molar-refractivity contribution in [1.82, 2.24) is 4.31 Å². The molecule has 1 aliphatic rings. The summed E-state index contributed by atoms with van der Waals surface area (Å²) < 4.78 is 26.0. The van der Waals surface area contributed by atoms with Crippen LogP contribution in [0.3, 0.4) is 0 Å². The first-order chi connectivity index (χ1) is 9.96. The molecule has 0 unspecified atom stereocenters. The van der Waals surface area contributed by atoms with Gasteiger partial charge in [0, 0.05) is 11.6 Å². The highest BCUT2D eigenvalue weighted by molar-refractivity contribution is 7.94. The van der Waals surface area contributed by atoms with E-state index in [0.29, 0.717) is 34.3 Å². The van der Waals surface area contributed by atoms with E-state index in [1.807, 2.05) is 0 Å². The molecule has 1 heterocycles. The first-order valence-corrected chi connectivity index (χ1v) is 9.03. The Morgan fingerprint density at radius 2 is 1.90 bits per heavy atom. The summed E-state index contributed by atoms with van der Waals surface area (Å²) in [5.74, 6) is 0. The van der Waals surface area contributed by atoms with Gasteiger partial charge in [-0.3, -0.25) is 0 Å². The number of benzene rings is 1. The minimum absolute atomic E-state index is 0.320. The fourth-order valence-corrected chi connectivity index (χ4v) is 3.95. The summed E-state index contributed by atoms with van der Waals surface area (Å²) in [6, 6.07) is 6.89. The van der Waals surface area contributed by atoms with E-state index in [0.717, 1.165) is 25.7 Å². The molecule has 1 saturated heterocycles. The molecule has 1 fully saturated rings. The monoisotopic (exact) mass is 328 g/mol. The van der Waals surface area contributed by atoms with Gasteiger partial charge in [-0.05, 0) is 24.1 Å². The lowest BCUT2D eigenvalue weighted by Crippen LogP contribution is -2.47. The maximum absolute atomic E-state index is 12.3. The van der Waals surface area contributed by atoms with Crippen molar-refractivity contribution in [2.45, 2.75) is 32.6 Å². The highest BCUT2D eigenvalue weighted by Gasteiger charge is 2.40. The van der Waals surface area contributed by atoms with Crippen molar-refractivity contribution in [3.05, 3.63) is 39.8 Å². The van der Waals surface area contributed by atoms with Crippen molar-refractivity contribution < 1.29 is 8.42 Å². The Hall–Kier alpha value is -1.04. The largest absolute Gasteiger partial charge is 0.397 e. The predicted molar refractivity (Wildman–Crippen MR) is 87.2 cm³/mol. The van der Waals surface area contributed by atoms with Crippen LogP contribution in [0, 0.1) is 0 Å². The lowest BCUT2D eigenvalue weighted by molar-refractivity contribution is 0.396. The molecule has 6 heteroatoms. The van der Waals surface area contributed by atoms with Gasteiger partial charge >= 0.3 is 0 Å². The van der Waals surface area contributed by atoms with Gasteiger partial charge in [0.05, 0.1) is 17.1 Å². The third-order valence-corrected chi connectivity index (χ3v) is 5.90. The molecular formula is C15H21ClN2O2S. The van der Waals surface area contributed by atoms with Crippen LogP contribution in [-0.2, 0) is 10.0 Å². The molecule has 0 radical (unpaired) electrons. The maximum Gasteiger partial charge on any atom is 0.242 e. The van der Waals surface area contributed by atoms with Crippen molar-refractivity contribution in [2.24, 2.45) is 5.73 Å². The molecule has 1 aromatic rings. The topological polar surface area (TPSA) is 63.4 Å². The summed E-state index contributed by atoms with van der Waals surface area (Å²) in [7, 11) is -3.35. The molecule has 0 aromatic heterocycles. The first kappa shape index (κ1) is 16.3. The van der Waals surface area contributed by atoms with Gasteiger partial charge in [0.15, 0.2) is 0 Å². The highest BCUT2D eigenvalue weighted by atomic mass is 35.5. The van der Waals surface area contributed by atoms with Gasteiger partial charge in [-0.2, -0.15) is 4.31 Å². The molecule has 116 valence electrons. The second kappa shape index (κ2) is 6.81. The van der Waals surface area contributed by atoms with Gasteiger partial charge in [0.25, 0.3) is 0 Å². The number of halogens is 1. The van der Waals surface area contributed by atoms with Crippen molar-refractivity contribution >= 4 is 27.3 Å². The third-order valence-electron chi connectivity index (χ3n) is 3.69. The van der Waals surface area contributed by atoms with E-state index >= 15 is 0 Å². The molecule has 4 nitrogen and oxygen atoms in total. The Bertz CT molecular complexity index is 624. The van der Waals surface area contributed by atoms with Crippen LogP contribution < -0.4 is 5.73 Å². The summed E-state index contributed by atoms with van der Waals surface area (Å²) >= 11 is 5.82. The first-order valence-electron chi connectivity index (χ1n) is 7.21. The summed E-state index contributed by atoms with van der Waals surface area (Å²) in [4.78, 5) is 0.320. The Labute approximate surface area is 131 Å². The minimum atomic E-state index is -3.35. The molecule has 1 aromatic carbocycles. The third kappa shape index (κ3) is 3.59. The average molecular weight is 329 g/mol. The molecule has 0 aliphatic carbocycles. The standard InChI is InChI=1S/C15H21ClN2O2S/c1-2-3-4-5-10-18-11-14(21(18,19)20)15(17)12-6-8-13(16)9-7-12/h6-9H,2-5,10-11,17H2,1H3/b15-14+. The van der Waals surface area contributed by atoms with E-state index in [1.54, 1.807) is 24.3 Å². The quantitative estimate of drug-likeness (QED) is 0.816. The number of hydrogen-bond donors (Lipinski definition) is 1. The van der Waals surface area contributed by atoms with Crippen LogP contribution in [0.1, 0.15) is 38.2 Å². The molecule has 2 N–H and O–H groups in total. The zero-order valence-electron chi connectivity index (χ0n) is 12.2. The van der Waals surface area contributed by atoms with Crippen LogP contribution in [0.5, 0.6) is 0 Å². The number of unbranched alkanes of at least 4 members (excludes halogenated alkanes) is 3. The van der Waals surface area contributed by atoms with Gasteiger partial charge < -0.3 is 5.73 Å². The van der Waals surface area contributed by atoms with Crippen LogP contribution in [0.15, 0.2) is 29.2 Å². The molecule has 2 rings (SSSR count). The van der Waals surface area contributed by atoms with E-state index in [-0.39, 0.29) is 0 Å². The Morgan fingerprint density at radius 3 is 2.48 bits per heavy atom. The molecule has 0 amide bonds. The van der Waals surface area contributed by atoms with Crippen molar-refractivity contribution in [2.75, 3.05) is 13.1 Å². The fourth-order valence-electron chi connectivity index (χ4n) is 2.34. The van der Waals surface area contributed by atoms with E-state index in [2.05, 4.69) is 6.92 Å². The van der Waals surface area contributed by atoms with Gasteiger partial charge in [-0.15, -0.1) is 0 Å². The lowest BCUT2D eigenvalue weighted by atomic mass is 10.1. The van der Waals surface area contributed by atoms with Crippen LogP contribution in [-0.4, -0.2) is 25.8 Å². The van der Waals surface area contributed by atoms with Gasteiger partial charge in [0.1, 0.15) is 0 Å². The molecule has 0 spiro atoms. The maximum atomic E-state index is 12.3. The lowest BCUT2D eigenvalue weighted by Gasteiger charge is -2.34. The highest BCUT2D eigenvalue weighted by Crippen LogP contribution is 2.31. The molecule has 21 heavy (non-hydrogen) atoms. The Balaban J connectivity index is 2.06. The second-order valence-corrected chi connectivity index (χ2v) is 7.64.